The highest BCUT2D eigenvalue weighted by Crippen LogP contribution is 2.43. The highest BCUT2D eigenvalue weighted by atomic mass is 14.3. The van der Waals surface area contributed by atoms with Crippen LogP contribution in [0, 0.1) is 11.3 Å². The molecule has 0 heterocycles. The van der Waals surface area contributed by atoms with Crippen LogP contribution in [0.3, 0.4) is 0 Å². The molecule has 2 rings (SSSR count). The Balaban J connectivity index is 2.39. The van der Waals surface area contributed by atoms with Crippen molar-refractivity contribution in [3.8, 4) is 0 Å². The molecule has 130 valence electrons. The molecule has 0 spiro atoms. The van der Waals surface area contributed by atoms with E-state index in [1.165, 1.54) is 30.4 Å². The van der Waals surface area contributed by atoms with Gasteiger partial charge in [0.15, 0.2) is 0 Å². The van der Waals surface area contributed by atoms with Gasteiger partial charge in [0.05, 0.1) is 0 Å². The minimum absolute atomic E-state index is 0.348. The van der Waals surface area contributed by atoms with Crippen LogP contribution >= 0.6 is 0 Å². The lowest BCUT2D eigenvalue weighted by Crippen LogP contribution is -2.23. The molecule has 0 nitrogen and oxygen atoms in total. The molecule has 0 saturated carbocycles. The monoisotopic (exact) mass is 322 g/mol. The van der Waals surface area contributed by atoms with Crippen molar-refractivity contribution >= 4 is 0 Å². The predicted molar refractivity (Wildman–Crippen MR) is 107 cm³/mol. The Kier molecular flexibility index (Phi) is 6.66. The molecule has 0 radical (unpaired) electrons. The maximum Gasteiger partial charge on any atom is -0.00904 e. The first-order valence-electron chi connectivity index (χ1n) is 9.53. The molecular weight excluding hydrogens is 288 g/mol. The van der Waals surface area contributed by atoms with Crippen molar-refractivity contribution in [2.24, 2.45) is 11.3 Å². The van der Waals surface area contributed by atoms with Gasteiger partial charge in [0.25, 0.3) is 0 Å². The maximum atomic E-state index is 2.42. The standard InChI is InChI=1S/C24H34/c1-6-13-22(20-14-9-7-10-15-20)23(18-19(2)24(3,4)5)21-16-11-8-12-17-21/h7-12,14-17,19,22-23H,6,13,18H2,1-5H3. The zero-order valence-corrected chi connectivity index (χ0v) is 16.1. The molecule has 24 heavy (non-hydrogen) atoms. The summed E-state index contributed by atoms with van der Waals surface area (Å²) in [5.41, 5.74) is 3.34. The zero-order valence-electron chi connectivity index (χ0n) is 16.1. The highest BCUT2D eigenvalue weighted by Gasteiger charge is 2.29. The van der Waals surface area contributed by atoms with Crippen LogP contribution in [0.15, 0.2) is 60.7 Å². The molecular formula is C24H34. The molecule has 2 aromatic carbocycles. The van der Waals surface area contributed by atoms with Crippen LogP contribution in [0.4, 0.5) is 0 Å². The summed E-state index contributed by atoms with van der Waals surface area (Å²) in [5.74, 6) is 1.87. The van der Waals surface area contributed by atoms with Crippen LogP contribution in [-0.4, -0.2) is 0 Å². The summed E-state index contributed by atoms with van der Waals surface area (Å²) >= 11 is 0. The molecule has 3 unspecified atom stereocenters. The van der Waals surface area contributed by atoms with Crippen molar-refractivity contribution in [2.75, 3.05) is 0 Å². The first-order chi connectivity index (χ1) is 11.4. The first-order valence-corrected chi connectivity index (χ1v) is 9.53. The Bertz CT molecular complexity index is 576. The molecule has 0 aromatic heterocycles. The predicted octanol–water partition coefficient (Wildman–Crippen LogP) is 7.43. The average molecular weight is 323 g/mol. The Morgan fingerprint density at radius 2 is 1.21 bits per heavy atom. The smallest absolute Gasteiger partial charge is 0.00904 e. The summed E-state index contributed by atoms with van der Waals surface area (Å²) in [6.45, 7) is 11.8. The van der Waals surface area contributed by atoms with Gasteiger partial charge in [-0.15, -0.1) is 0 Å². The molecule has 0 aliphatic carbocycles. The molecule has 0 saturated heterocycles. The normalized spacial score (nSPS) is 15.7. The molecule has 3 atom stereocenters. The molecule has 0 aliphatic heterocycles. The van der Waals surface area contributed by atoms with Crippen molar-refractivity contribution in [1.29, 1.82) is 0 Å². The van der Waals surface area contributed by atoms with Gasteiger partial charge in [-0.1, -0.05) is 102 Å². The second kappa shape index (κ2) is 8.51. The van der Waals surface area contributed by atoms with Gasteiger partial charge in [-0.05, 0) is 47.1 Å². The fourth-order valence-corrected chi connectivity index (χ4v) is 3.58. The fourth-order valence-electron chi connectivity index (χ4n) is 3.58. The van der Waals surface area contributed by atoms with Crippen LogP contribution < -0.4 is 0 Å². The van der Waals surface area contributed by atoms with Crippen LogP contribution in [-0.2, 0) is 0 Å². The van der Waals surface area contributed by atoms with Crippen molar-refractivity contribution in [1.82, 2.24) is 0 Å². The van der Waals surface area contributed by atoms with Gasteiger partial charge >= 0.3 is 0 Å². The molecule has 0 aliphatic rings. The largest absolute Gasteiger partial charge is 0.0654 e. The van der Waals surface area contributed by atoms with Crippen molar-refractivity contribution in [2.45, 2.75) is 65.7 Å². The summed E-state index contributed by atoms with van der Waals surface area (Å²) in [4.78, 5) is 0. The minimum Gasteiger partial charge on any atom is -0.0654 e. The van der Waals surface area contributed by atoms with Crippen LogP contribution in [0.25, 0.3) is 0 Å². The molecule has 2 aromatic rings. The topological polar surface area (TPSA) is 0 Å². The van der Waals surface area contributed by atoms with Crippen molar-refractivity contribution < 1.29 is 0 Å². The van der Waals surface area contributed by atoms with Gasteiger partial charge < -0.3 is 0 Å². The lowest BCUT2D eigenvalue weighted by molar-refractivity contribution is 0.222. The lowest BCUT2D eigenvalue weighted by Gasteiger charge is -2.35. The third kappa shape index (κ3) is 4.97. The van der Waals surface area contributed by atoms with Gasteiger partial charge in [0.1, 0.15) is 0 Å². The summed E-state index contributed by atoms with van der Waals surface area (Å²) < 4.78 is 0. The Labute approximate surface area is 149 Å². The summed E-state index contributed by atoms with van der Waals surface area (Å²) in [7, 11) is 0. The van der Waals surface area contributed by atoms with E-state index in [0.29, 0.717) is 23.2 Å². The molecule has 0 heteroatoms. The van der Waals surface area contributed by atoms with Gasteiger partial charge in [0.2, 0.25) is 0 Å². The summed E-state index contributed by atoms with van der Waals surface area (Å²) in [6, 6.07) is 22.3. The fraction of sp³-hybridized carbons (Fsp3) is 0.500. The third-order valence-electron chi connectivity index (χ3n) is 5.63. The van der Waals surface area contributed by atoms with E-state index in [1.54, 1.807) is 0 Å². The quantitative estimate of drug-likeness (QED) is 0.497. The SMILES string of the molecule is CCCC(c1ccccc1)C(CC(C)C(C)(C)C)c1ccccc1. The highest BCUT2D eigenvalue weighted by molar-refractivity contribution is 5.28. The van der Waals surface area contributed by atoms with Gasteiger partial charge in [-0.2, -0.15) is 0 Å². The Hall–Kier alpha value is -1.56. The second-order valence-corrected chi connectivity index (χ2v) is 8.33. The Morgan fingerprint density at radius 3 is 1.62 bits per heavy atom. The van der Waals surface area contributed by atoms with Gasteiger partial charge in [-0.3, -0.25) is 0 Å². The summed E-state index contributed by atoms with van der Waals surface area (Å²) in [6.07, 6.45) is 3.72. The number of rotatable bonds is 7. The Morgan fingerprint density at radius 1 is 0.750 bits per heavy atom. The zero-order chi connectivity index (χ0) is 17.6. The second-order valence-electron chi connectivity index (χ2n) is 8.33. The number of hydrogen-bond donors (Lipinski definition) is 0. The van der Waals surface area contributed by atoms with E-state index in [4.69, 9.17) is 0 Å². The van der Waals surface area contributed by atoms with E-state index in [2.05, 4.69) is 95.3 Å². The van der Waals surface area contributed by atoms with Gasteiger partial charge in [0, 0.05) is 0 Å². The van der Waals surface area contributed by atoms with E-state index in [9.17, 15) is 0 Å². The maximum absolute atomic E-state index is 2.42. The third-order valence-corrected chi connectivity index (χ3v) is 5.63. The van der Waals surface area contributed by atoms with Crippen LogP contribution in [0.5, 0.6) is 0 Å². The number of benzene rings is 2. The van der Waals surface area contributed by atoms with E-state index in [-0.39, 0.29) is 0 Å². The lowest BCUT2D eigenvalue weighted by atomic mass is 9.70. The first kappa shape index (κ1) is 18.8. The van der Waals surface area contributed by atoms with Crippen LogP contribution in [0.1, 0.15) is 76.8 Å². The summed E-state index contributed by atoms with van der Waals surface area (Å²) in [5, 5.41) is 0. The average Bonchev–Trinajstić information content (AvgIpc) is 2.58. The number of hydrogen-bond acceptors (Lipinski definition) is 0. The molecule has 0 bridgehead atoms. The van der Waals surface area contributed by atoms with E-state index < -0.39 is 0 Å². The van der Waals surface area contributed by atoms with Gasteiger partial charge in [-0.25, -0.2) is 0 Å². The van der Waals surface area contributed by atoms with Crippen molar-refractivity contribution in [3.05, 3.63) is 71.8 Å². The molecule has 0 amide bonds. The van der Waals surface area contributed by atoms with E-state index in [1.807, 2.05) is 0 Å². The van der Waals surface area contributed by atoms with E-state index >= 15 is 0 Å². The molecule has 0 N–H and O–H groups in total. The minimum atomic E-state index is 0.348. The van der Waals surface area contributed by atoms with Crippen molar-refractivity contribution in [3.63, 3.8) is 0 Å². The molecule has 0 fully saturated rings. The van der Waals surface area contributed by atoms with E-state index in [0.717, 1.165) is 0 Å². The van der Waals surface area contributed by atoms with Crippen LogP contribution in [0.2, 0.25) is 0 Å².